The molecule has 3 N–H and O–H groups in total. The van der Waals surface area contributed by atoms with Gasteiger partial charge in [-0.25, -0.2) is 0 Å². The van der Waals surface area contributed by atoms with Crippen molar-refractivity contribution in [2.24, 2.45) is 5.73 Å². The summed E-state index contributed by atoms with van der Waals surface area (Å²) in [4.78, 5) is 10.8. The summed E-state index contributed by atoms with van der Waals surface area (Å²) in [6, 6.07) is 0. The van der Waals surface area contributed by atoms with E-state index >= 15 is 0 Å². The van der Waals surface area contributed by atoms with Gasteiger partial charge in [-0.15, -0.1) is 0 Å². The van der Waals surface area contributed by atoms with Gasteiger partial charge >= 0.3 is 0 Å². The number of hydrogen-bond acceptors (Lipinski definition) is 4. The van der Waals surface area contributed by atoms with Crippen molar-refractivity contribution in [3.63, 3.8) is 0 Å². The Labute approximate surface area is 126 Å². The highest BCUT2D eigenvalue weighted by atomic mass is 16.5. The molecule has 6 aliphatic carbocycles. The normalized spacial score (nSPS) is 47.6. The van der Waals surface area contributed by atoms with Crippen LogP contribution in [0.3, 0.4) is 0 Å². The van der Waals surface area contributed by atoms with Crippen LogP contribution in [-0.4, -0.2) is 41.4 Å². The van der Waals surface area contributed by atoms with Gasteiger partial charge in [0, 0.05) is 31.2 Å². The van der Waals surface area contributed by atoms with Crippen molar-refractivity contribution in [1.29, 1.82) is 0 Å². The predicted molar refractivity (Wildman–Crippen MR) is 79.9 cm³/mol. The number of carbonyl (C=O) groups is 1. The number of hydrogen-bond donors (Lipinski definition) is 2. The molecule has 5 nitrogen and oxygen atoms in total. The molecule has 6 rings (SSSR count). The van der Waals surface area contributed by atoms with E-state index in [2.05, 4.69) is 5.32 Å². The molecule has 6 aliphatic rings. The Balaban J connectivity index is 0.000000131. The fourth-order valence-corrected chi connectivity index (χ4v) is 4.89. The Morgan fingerprint density at radius 3 is 1.76 bits per heavy atom. The van der Waals surface area contributed by atoms with Crippen molar-refractivity contribution >= 4 is 5.91 Å². The number of ether oxygens (including phenoxy) is 2. The highest BCUT2D eigenvalue weighted by Crippen LogP contribution is 2.62. The van der Waals surface area contributed by atoms with E-state index in [9.17, 15) is 4.79 Å². The fraction of sp³-hybridized carbons (Fsp3) is 0.938. The van der Waals surface area contributed by atoms with E-state index in [1.807, 2.05) is 13.8 Å². The van der Waals surface area contributed by atoms with Crippen molar-refractivity contribution in [3.05, 3.63) is 0 Å². The third kappa shape index (κ3) is 2.49. The molecule has 0 aliphatic heterocycles. The topological polar surface area (TPSA) is 73.6 Å². The number of carbonyl (C=O) groups excluding carboxylic acids is 1. The summed E-state index contributed by atoms with van der Waals surface area (Å²) in [7, 11) is 0. The highest BCUT2D eigenvalue weighted by molar-refractivity contribution is 5.74. The molecule has 120 valence electrons. The summed E-state index contributed by atoms with van der Waals surface area (Å²) >= 11 is 0. The molecule has 21 heavy (non-hydrogen) atoms. The van der Waals surface area contributed by atoms with Gasteiger partial charge in [-0.1, -0.05) is 0 Å². The average Bonchev–Trinajstić information content (AvgIpc) is 2.22. The molecule has 0 aromatic carbocycles. The second-order valence-electron chi connectivity index (χ2n) is 7.62. The second kappa shape index (κ2) is 4.67. The maximum Gasteiger partial charge on any atom is 0.217 e. The van der Waals surface area contributed by atoms with Crippen LogP contribution in [0.15, 0.2) is 0 Å². The van der Waals surface area contributed by atoms with E-state index in [0.29, 0.717) is 0 Å². The maximum atomic E-state index is 10.8. The molecular weight excluding hydrogens is 268 g/mol. The van der Waals surface area contributed by atoms with Gasteiger partial charge in [-0.2, -0.15) is 0 Å². The third-order valence-corrected chi connectivity index (χ3v) is 5.35. The minimum atomic E-state index is 0.0831. The molecule has 6 saturated carbocycles. The molecule has 1 amide bonds. The zero-order valence-electron chi connectivity index (χ0n) is 13.5. The van der Waals surface area contributed by atoms with Crippen LogP contribution < -0.4 is 11.1 Å². The van der Waals surface area contributed by atoms with Crippen LogP contribution in [0.5, 0.6) is 0 Å². The molecule has 6 fully saturated rings. The number of amides is 1. The minimum absolute atomic E-state index is 0.0831. The molecule has 0 spiro atoms. The molecule has 0 unspecified atom stereocenters. The Kier molecular flexibility index (Phi) is 3.39. The fourth-order valence-electron chi connectivity index (χ4n) is 4.89. The minimum Gasteiger partial charge on any atom is -0.375 e. The van der Waals surface area contributed by atoms with Crippen molar-refractivity contribution in [2.75, 3.05) is 13.2 Å². The zero-order chi connectivity index (χ0) is 15.4. The van der Waals surface area contributed by atoms with E-state index in [1.165, 1.54) is 0 Å². The van der Waals surface area contributed by atoms with Gasteiger partial charge in [-0.05, 0) is 52.4 Å². The first-order valence-electron chi connectivity index (χ1n) is 8.14. The smallest absolute Gasteiger partial charge is 0.217 e. The first-order chi connectivity index (χ1) is 9.78. The molecular formula is C16H28N2O3. The lowest BCUT2D eigenvalue weighted by atomic mass is 9.46. The lowest BCUT2D eigenvalue weighted by molar-refractivity contribution is -0.247. The summed E-state index contributed by atoms with van der Waals surface area (Å²) in [5.74, 6) is 0.0831. The SMILES string of the molecule is CCOC12CC(N)(C1)C2.CCOC12CC(NC(C)=O)(C1)C2. The standard InChI is InChI=1S/C9H15NO2.C7H13NO/c1-3-12-9-4-8(5-9,6-9)10-7(2)11;1-2-9-7-3-6(8,4-7)5-7/h3-6H2,1-2H3,(H,10,11);2-5,8H2,1H3. The molecule has 0 heterocycles. The van der Waals surface area contributed by atoms with Gasteiger partial charge in [0.2, 0.25) is 5.91 Å². The lowest BCUT2D eigenvalue weighted by Crippen LogP contribution is -2.79. The zero-order valence-corrected chi connectivity index (χ0v) is 13.5. The second-order valence-corrected chi connectivity index (χ2v) is 7.62. The van der Waals surface area contributed by atoms with Gasteiger partial charge in [0.1, 0.15) is 0 Å². The van der Waals surface area contributed by atoms with Gasteiger partial charge < -0.3 is 20.5 Å². The molecule has 0 atom stereocenters. The number of nitrogens with one attached hydrogen (secondary N) is 1. The third-order valence-electron chi connectivity index (χ3n) is 5.35. The maximum absolute atomic E-state index is 10.8. The van der Waals surface area contributed by atoms with Gasteiger partial charge in [0.25, 0.3) is 0 Å². The summed E-state index contributed by atoms with van der Waals surface area (Å²) in [5, 5.41) is 2.99. The van der Waals surface area contributed by atoms with Crippen LogP contribution in [0.1, 0.15) is 59.3 Å². The van der Waals surface area contributed by atoms with E-state index in [0.717, 1.165) is 51.7 Å². The molecule has 0 aromatic rings. The molecule has 4 bridgehead atoms. The van der Waals surface area contributed by atoms with Crippen LogP contribution >= 0.6 is 0 Å². The largest absolute Gasteiger partial charge is 0.375 e. The Morgan fingerprint density at radius 2 is 1.43 bits per heavy atom. The van der Waals surface area contributed by atoms with Crippen LogP contribution in [0.25, 0.3) is 0 Å². The van der Waals surface area contributed by atoms with Crippen LogP contribution in [0.2, 0.25) is 0 Å². The molecule has 0 radical (unpaired) electrons. The van der Waals surface area contributed by atoms with E-state index < -0.39 is 0 Å². The van der Waals surface area contributed by atoms with E-state index in [4.69, 9.17) is 15.2 Å². The van der Waals surface area contributed by atoms with E-state index in [-0.39, 0.29) is 28.2 Å². The monoisotopic (exact) mass is 296 g/mol. The predicted octanol–water partition coefficient (Wildman–Crippen LogP) is 1.49. The van der Waals surface area contributed by atoms with Crippen LogP contribution in [0, 0.1) is 0 Å². The van der Waals surface area contributed by atoms with Gasteiger partial charge in [-0.3, -0.25) is 4.79 Å². The van der Waals surface area contributed by atoms with Crippen LogP contribution in [0.4, 0.5) is 0 Å². The van der Waals surface area contributed by atoms with Gasteiger partial charge in [0.15, 0.2) is 0 Å². The Morgan fingerprint density at radius 1 is 1.00 bits per heavy atom. The van der Waals surface area contributed by atoms with E-state index in [1.54, 1.807) is 6.92 Å². The summed E-state index contributed by atoms with van der Waals surface area (Å²) in [6.45, 7) is 7.27. The quantitative estimate of drug-likeness (QED) is 0.806. The molecule has 0 saturated heterocycles. The van der Waals surface area contributed by atoms with Crippen LogP contribution in [-0.2, 0) is 14.3 Å². The summed E-state index contributed by atoms with van der Waals surface area (Å²) in [6.07, 6.45) is 6.38. The van der Waals surface area contributed by atoms with Crippen molar-refractivity contribution in [3.8, 4) is 0 Å². The first-order valence-corrected chi connectivity index (χ1v) is 8.14. The number of rotatable bonds is 5. The lowest BCUT2D eigenvalue weighted by Gasteiger charge is -2.69. The Bertz CT molecular complexity index is 403. The first kappa shape index (κ1) is 15.3. The summed E-state index contributed by atoms with van der Waals surface area (Å²) in [5.41, 5.74) is 6.56. The highest BCUT2D eigenvalue weighted by Gasteiger charge is 2.69. The summed E-state index contributed by atoms with van der Waals surface area (Å²) < 4.78 is 11.1. The van der Waals surface area contributed by atoms with Crippen molar-refractivity contribution < 1.29 is 14.3 Å². The van der Waals surface area contributed by atoms with Gasteiger partial charge in [0.05, 0.1) is 11.2 Å². The molecule has 5 heteroatoms. The average molecular weight is 296 g/mol. The Hall–Kier alpha value is -0.650. The number of nitrogens with two attached hydrogens (primary N) is 1. The molecule has 0 aromatic heterocycles. The van der Waals surface area contributed by atoms with Crippen molar-refractivity contribution in [1.82, 2.24) is 5.32 Å². The van der Waals surface area contributed by atoms with Crippen molar-refractivity contribution in [2.45, 2.75) is 81.6 Å².